The van der Waals surface area contributed by atoms with Crippen molar-refractivity contribution in [2.24, 2.45) is 0 Å². The molecule has 3 rings (SSSR count). The number of nitrogens with one attached hydrogen (secondary N) is 2. The predicted octanol–water partition coefficient (Wildman–Crippen LogP) is 3.15. The van der Waals surface area contributed by atoms with Gasteiger partial charge in [-0.2, -0.15) is 4.98 Å². The van der Waals surface area contributed by atoms with Crippen molar-refractivity contribution >= 4 is 41.0 Å². The number of benzene rings is 2. The Balaban J connectivity index is 2.03. The summed E-state index contributed by atoms with van der Waals surface area (Å²) in [6.45, 7) is 0. The zero-order valence-electron chi connectivity index (χ0n) is 15.6. The van der Waals surface area contributed by atoms with Crippen molar-refractivity contribution in [3.8, 4) is 0 Å². The SMILES string of the molecule is COC(=O)c1cc(Nc2ccccc2C(=O)O)nc(Nc2ccccc2C(=O)O)n1. The number of nitrogens with zero attached hydrogens (tertiary/aromatic N) is 2. The van der Waals surface area contributed by atoms with Gasteiger partial charge in [0.05, 0.1) is 29.6 Å². The van der Waals surface area contributed by atoms with Crippen LogP contribution in [0.1, 0.15) is 31.2 Å². The van der Waals surface area contributed by atoms with E-state index in [1.807, 2.05) is 0 Å². The second-order valence-corrected chi connectivity index (χ2v) is 5.91. The Kier molecular flexibility index (Phi) is 5.87. The minimum Gasteiger partial charge on any atom is -0.478 e. The summed E-state index contributed by atoms with van der Waals surface area (Å²) in [5.41, 5.74) is 0.329. The number of hydrogen-bond acceptors (Lipinski definition) is 8. The van der Waals surface area contributed by atoms with Crippen LogP contribution in [0.3, 0.4) is 0 Å². The lowest BCUT2D eigenvalue weighted by molar-refractivity contribution is 0.0592. The predicted molar refractivity (Wildman–Crippen MR) is 107 cm³/mol. The molecular formula is C20H16N4O6. The van der Waals surface area contributed by atoms with E-state index in [2.05, 4.69) is 20.6 Å². The molecule has 0 unspecified atom stereocenters. The van der Waals surface area contributed by atoms with E-state index in [-0.39, 0.29) is 40.0 Å². The number of para-hydroxylation sites is 2. The quantitative estimate of drug-likeness (QED) is 0.429. The smallest absolute Gasteiger partial charge is 0.356 e. The van der Waals surface area contributed by atoms with E-state index in [4.69, 9.17) is 4.74 Å². The number of ether oxygens (including phenoxy) is 1. The van der Waals surface area contributed by atoms with Crippen LogP contribution in [-0.4, -0.2) is 45.2 Å². The zero-order chi connectivity index (χ0) is 21.7. The number of carbonyl (C=O) groups is 3. The summed E-state index contributed by atoms with van der Waals surface area (Å²) in [5.74, 6) is -3.03. The molecule has 0 radical (unpaired) electrons. The number of aromatic nitrogens is 2. The monoisotopic (exact) mass is 408 g/mol. The lowest BCUT2D eigenvalue weighted by Gasteiger charge is -2.13. The summed E-state index contributed by atoms with van der Waals surface area (Å²) < 4.78 is 4.70. The van der Waals surface area contributed by atoms with E-state index >= 15 is 0 Å². The second-order valence-electron chi connectivity index (χ2n) is 5.91. The van der Waals surface area contributed by atoms with E-state index in [0.29, 0.717) is 0 Å². The molecule has 152 valence electrons. The van der Waals surface area contributed by atoms with Crippen molar-refractivity contribution in [1.29, 1.82) is 0 Å². The highest BCUT2D eigenvalue weighted by Gasteiger charge is 2.16. The number of methoxy groups -OCH3 is 1. The van der Waals surface area contributed by atoms with Crippen molar-refractivity contribution < 1.29 is 29.3 Å². The fraction of sp³-hybridized carbons (Fsp3) is 0.0500. The number of aromatic carboxylic acids is 2. The van der Waals surface area contributed by atoms with Crippen LogP contribution < -0.4 is 10.6 Å². The normalized spacial score (nSPS) is 10.2. The lowest BCUT2D eigenvalue weighted by atomic mass is 10.2. The summed E-state index contributed by atoms with van der Waals surface area (Å²) in [4.78, 5) is 43.1. The first-order valence-corrected chi connectivity index (χ1v) is 8.55. The van der Waals surface area contributed by atoms with Crippen LogP contribution >= 0.6 is 0 Å². The van der Waals surface area contributed by atoms with Gasteiger partial charge in [0.2, 0.25) is 5.95 Å². The average molecular weight is 408 g/mol. The molecule has 0 aliphatic heterocycles. The molecule has 30 heavy (non-hydrogen) atoms. The Hall–Kier alpha value is -4.47. The summed E-state index contributed by atoms with van der Waals surface area (Å²) in [6.07, 6.45) is 0. The average Bonchev–Trinajstić information content (AvgIpc) is 2.73. The molecule has 10 nitrogen and oxygen atoms in total. The summed E-state index contributed by atoms with van der Waals surface area (Å²) in [6, 6.07) is 13.6. The van der Waals surface area contributed by atoms with E-state index < -0.39 is 17.9 Å². The minimum absolute atomic E-state index is 0.00135. The zero-order valence-corrected chi connectivity index (χ0v) is 15.6. The Bertz CT molecular complexity index is 1050. The molecule has 0 fully saturated rings. The molecule has 3 aromatic rings. The Morgan fingerprint density at radius 3 is 1.90 bits per heavy atom. The van der Waals surface area contributed by atoms with Crippen molar-refractivity contribution in [2.75, 3.05) is 17.7 Å². The van der Waals surface area contributed by atoms with Gasteiger partial charge in [-0.3, -0.25) is 0 Å². The topological polar surface area (TPSA) is 151 Å². The van der Waals surface area contributed by atoms with Gasteiger partial charge in [-0.1, -0.05) is 24.3 Å². The van der Waals surface area contributed by atoms with Crippen LogP contribution in [0, 0.1) is 0 Å². The molecule has 0 aliphatic rings. The third kappa shape index (κ3) is 4.50. The molecule has 0 atom stereocenters. The number of carbonyl (C=O) groups excluding carboxylic acids is 1. The fourth-order valence-corrected chi connectivity index (χ4v) is 2.59. The van der Waals surface area contributed by atoms with Gasteiger partial charge in [0.25, 0.3) is 0 Å². The Labute approximate surface area is 170 Å². The third-order valence-corrected chi connectivity index (χ3v) is 3.94. The Morgan fingerprint density at radius 1 is 0.833 bits per heavy atom. The molecule has 2 aromatic carbocycles. The van der Waals surface area contributed by atoms with Crippen molar-refractivity contribution in [3.63, 3.8) is 0 Å². The molecule has 0 saturated heterocycles. The molecule has 0 spiro atoms. The van der Waals surface area contributed by atoms with Crippen molar-refractivity contribution in [2.45, 2.75) is 0 Å². The molecule has 4 N–H and O–H groups in total. The third-order valence-electron chi connectivity index (χ3n) is 3.94. The van der Waals surface area contributed by atoms with Gasteiger partial charge in [0, 0.05) is 6.07 Å². The van der Waals surface area contributed by atoms with Crippen molar-refractivity contribution in [1.82, 2.24) is 9.97 Å². The highest BCUT2D eigenvalue weighted by molar-refractivity contribution is 5.96. The molecule has 10 heteroatoms. The highest BCUT2D eigenvalue weighted by atomic mass is 16.5. The van der Waals surface area contributed by atoms with E-state index in [1.54, 1.807) is 24.3 Å². The van der Waals surface area contributed by atoms with Gasteiger partial charge in [0.15, 0.2) is 5.69 Å². The largest absolute Gasteiger partial charge is 0.478 e. The van der Waals surface area contributed by atoms with Crippen LogP contribution in [0.2, 0.25) is 0 Å². The summed E-state index contributed by atoms with van der Waals surface area (Å²) in [7, 11) is 1.18. The van der Waals surface area contributed by atoms with Crippen LogP contribution in [0.15, 0.2) is 54.6 Å². The minimum atomic E-state index is -1.16. The number of carboxylic acids is 2. The van der Waals surface area contributed by atoms with Crippen LogP contribution in [0.4, 0.5) is 23.1 Å². The van der Waals surface area contributed by atoms with E-state index in [1.165, 1.54) is 37.4 Å². The van der Waals surface area contributed by atoms with E-state index in [0.717, 1.165) is 0 Å². The Morgan fingerprint density at radius 2 is 1.37 bits per heavy atom. The second kappa shape index (κ2) is 8.69. The van der Waals surface area contributed by atoms with Gasteiger partial charge in [-0.25, -0.2) is 19.4 Å². The van der Waals surface area contributed by atoms with Crippen LogP contribution in [0.5, 0.6) is 0 Å². The molecule has 1 heterocycles. The summed E-state index contributed by atoms with van der Waals surface area (Å²) >= 11 is 0. The first-order chi connectivity index (χ1) is 14.4. The molecule has 0 aliphatic carbocycles. The van der Waals surface area contributed by atoms with Crippen LogP contribution in [-0.2, 0) is 4.74 Å². The number of esters is 1. The molecule has 0 bridgehead atoms. The highest BCUT2D eigenvalue weighted by Crippen LogP contribution is 2.24. The first-order valence-electron chi connectivity index (χ1n) is 8.55. The van der Waals surface area contributed by atoms with Gasteiger partial charge in [-0.15, -0.1) is 0 Å². The van der Waals surface area contributed by atoms with Gasteiger partial charge in [0.1, 0.15) is 5.82 Å². The maximum absolute atomic E-state index is 12.0. The summed E-state index contributed by atoms with van der Waals surface area (Å²) in [5, 5.41) is 24.3. The van der Waals surface area contributed by atoms with Gasteiger partial charge in [-0.05, 0) is 24.3 Å². The number of carboxylic acid groups (broad SMARTS) is 2. The number of anilines is 4. The van der Waals surface area contributed by atoms with Crippen molar-refractivity contribution in [3.05, 3.63) is 71.4 Å². The molecular weight excluding hydrogens is 392 g/mol. The number of hydrogen-bond donors (Lipinski definition) is 4. The first kappa shape index (κ1) is 20.3. The maximum Gasteiger partial charge on any atom is 0.356 e. The molecule has 0 amide bonds. The maximum atomic E-state index is 12.0. The van der Waals surface area contributed by atoms with Crippen LogP contribution in [0.25, 0.3) is 0 Å². The van der Waals surface area contributed by atoms with E-state index in [9.17, 15) is 24.6 Å². The van der Waals surface area contributed by atoms with Gasteiger partial charge < -0.3 is 25.6 Å². The molecule has 1 aromatic heterocycles. The standard InChI is InChI=1S/C20H16N4O6/c1-30-19(29)15-10-16(21-13-8-4-2-6-11(13)17(25)26)24-20(23-15)22-14-9-5-3-7-12(14)18(27)28/h2-10H,1H3,(H,25,26)(H,27,28)(H2,21,22,23,24). The number of rotatable bonds is 7. The van der Waals surface area contributed by atoms with Gasteiger partial charge >= 0.3 is 17.9 Å². The lowest BCUT2D eigenvalue weighted by Crippen LogP contribution is -2.11. The fourth-order valence-electron chi connectivity index (χ4n) is 2.59. The molecule has 0 saturated carbocycles.